The highest BCUT2D eigenvalue weighted by atomic mass is 16.5. The third-order valence-electron chi connectivity index (χ3n) is 6.71. The maximum atomic E-state index is 11.3. The first kappa shape index (κ1) is 20.9. The van der Waals surface area contributed by atoms with E-state index in [0.717, 1.165) is 44.6 Å². The molecular formula is C26H34N2O2. The molecule has 0 bridgehead atoms. The van der Waals surface area contributed by atoms with Crippen LogP contribution in [-0.4, -0.2) is 43.6 Å². The number of benzene rings is 2. The van der Waals surface area contributed by atoms with Crippen LogP contribution < -0.4 is 4.90 Å². The number of piperazine rings is 1. The van der Waals surface area contributed by atoms with Gasteiger partial charge in [0, 0.05) is 38.3 Å². The molecule has 0 N–H and O–H groups in total. The van der Waals surface area contributed by atoms with Crippen molar-refractivity contribution >= 4 is 11.7 Å². The normalized spacial score (nSPS) is 19.9. The maximum absolute atomic E-state index is 11.3. The third kappa shape index (κ3) is 5.04. The number of carbonyl (C=O) groups is 1. The van der Waals surface area contributed by atoms with Gasteiger partial charge < -0.3 is 9.64 Å². The van der Waals surface area contributed by atoms with Gasteiger partial charge in [-0.05, 0) is 74.4 Å². The van der Waals surface area contributed by atoms with Gasteiger partial charge in [0.25, 0.3) is 0 Å². The van der Waals surface area contributed by atoms with Crippen molar-refractivity contribution in [1.82, 2.24) is 4.90 Å². The standard InChI is InChI=1S/C26H34N2O2/c1-20-6-5-8-24(21(20)2)28-18-16-27(17-19-28)15-4-3-7-22-9-11-23(12-10-22)25-13-14-26(29)30-25/h5-6,8-12,25H,3-4,7,13-19H2,1-2H3. The van der Waals surface area contributed by atoms with Crippen LogP contribution in [0.25, 0.3) is 0 Å². The first-order chi connectivity index (χ1) is 14.6. The molecule has 0 radical (unpaired) electrons. The van der Waals surface area contributed by atoms with Crippen LogP contribution in [0.1, 0.15) is 54.0 Å². The first-order valence-corrected chi connectivity index (χ1v) is 11.4. The van der Waals surface area contributed by atoms with E-state index in [4.69, 9.17) is 4.74 Å². The quantitative estimate of drug-likeness (QED) is 0.487. The predicted molar refractivity (Wildman–Crippen MR) is 122 cm³/mol. The number of anilines is 1. The van der Waals surface area contributed by atoms with Crippen molar-refractivity contribution in [2.24, 2.45) is 0 Å². The Morgan fingerprint density at radius 1 is 0.967 bits per heavy atom. The molecule has 2 aliphatic rings. The molecule has 2 aliphatic heterocycles. The number of rotatable bonds is 7. The lowest BCUT2D eigenvalue weighted by Crippen LogP contribution is -2.46. The number of esters is 1. The van der Waals surface area contributed by atoms with Crippen molar-refractivity contribution in [3.63, 3.8) is 0 Å². The number of hydrogen-bond acceptors (Lipinski definition) is 4. The van der Waals surface area contributed by atoms with Crippen LogP contribution in [0.5, 0.6) is 0 Å². The average molecular weight is 407 g/mol. The van der Waals surface area contributed by atoms with Gasteiger partial charge in [0.05, 0.1) is 0 Å². The molecule has 0 aliphatic carbocycles. The topological polar surface area (TPSA) is 32.8 Å². The van der Waals surface area contributed by atoms with Crippen molar-refractivity contribution in [3.05, 3.63) is 64.7 Å². The fourth-order valence-electron chi connectivity index (χ4n) is 4.61. The van der Waals surface area contributed by atoms with Gasteiger partial charge >= 0.3 is 5.97 Å². The Morgan fingerprint density at radius 2 is 1.73 bits per heavy atom. The maximum Gasteiger partial charge on any atom is 0.306 e. The molecule has 160 valence electrons. The summed E-state index contributed by atoms with van der Waals surface area (Å²) in [6.07, 6.45) is 4.90. The van der Waals surface area contributed by atoms with Crippen molar-refractivity contribution in [3.8, 4) is 0 Å². The highest BCUT2D eigenvalue weighted by Gasteiger charge is 2.24. The number of cyclic esters (lactones) is 1. The fraction of sp³-hybridized carbons (Fsp3) is 0.500. The second kappa shape index (κ2) is 9.65. The molecular weight excluding hydrogens is 372 g/mol. The molecule has 2 aromatic carbocycles. The smallest absolute Gasteiger partial charge is 0.306 e. The molecule has 4 nitrogen and oxygen atoms in total. The number of ether oxygens (including phenoxy) is 1. The van der Waals surface area contributed by atoms with E-state index in [0.29, 0.717) is 6.42 Å². The first-order valence-electron chi connectivity index (χ1n) is 11.4. The summed E-state index contributed by atoms with van der Waals surface area (Å²) in [6.45, 7) is 10.2. The zero-order chi connectivity index (χ0) is 20.9. The Labute approximate surface area is 180 Å². The monoisotopic (exact) mass is 406 g/mol. The lowest BCUT2D eigenvalue weighted by molar-refractivity contribution is -0.141. The van der Waals surface area contributed by atoms with Crippen molar-refractivity contribution in [1.29, 1.82) is 0 Å². The molecule has 0 saturated carbocycles. The summed E-state index contributed by atoms with van der Waals surface area (Å²) in [5.74, 6) is -0.0704. The number of aryl methyl sites for hydroxylation is 2. The summed E-state index contributed by atoms with van der Waals surface area (Å²) >= 11 is 0. The van der Waals surface area contributed by atoms with Crippen LogP contribution >= 0.6 is 0 Å². The Hall–Kier alpha value is -2.33. The van der Waals surface area contributed by atoms with E-state index in [1.54, 1.807) is 0 Å². The van der Waals surface area contributed by atoms with Gasteiger partial charge in [-0.3, -0.25) is 9.69 Å². The molecule has 2 aromatic rings. The molecule has 0 spiro atoms. The van der Waals surface area contributed by atoms with E-state index in [9.17, 15) is 4.79 Å². The predicted octanol–water partition coefficient (Wildman–Crippen LogP) is 4.83. The molecule has 4 heteroatoms. The van der Waals surface area contributed by atoms with Crippen LogP contribution in [0.2, 0.25) is 0 Å². The zero-order valence-electron chi connectivity index (χ0n) is 18.4. The SMILES string of the molecule is Cc1cccc(N2CCN(CCCCc3ccc(C4CCC(=O)O4)cc3)CC2)c1C. The van der Waals surface area contributed by atoms with E-state index in [1.165, 1.54) is 41.8 Å². The van der Waals surface area contributed by atoms with Crippen molar-refractivity contribution in [2.45, 2.75) is 52.1 Å². The Balaban J connectivity index is 1.16. The fourth-order valence-corrected chi connectivity index (χ4v) is 4.61. The molecule has 30 heavy (non-hydrogen) atoms. The second-order valence-corrected chi connectivity index (χ2v) is 8.76. The lowest BCUT2D eigenvalue weighted by atomic mass is 10.0. The van der Waals surface area contributed by atoms with Gasteiger partial charge in [0.2, 0.25) is 0 Å². The number of carbonyl (C=O) groups excluding carboxylic acids is 1. The minimum absolute atomic E-state index is 0.0335. The van der Waals surface area contributed by atoms with Crippen LogP contribution in [-0.2, 0) is 16.0 Å². The highest BCUT2D eigenvalue weighted by Crippen LogP contribution is 2.29. The summed E-state index contributed by atoms with van der Waals surface area (Å²) < 4.78 is 5.35. The zero-order valence-corrected chi connectivity index (χ0v) is 18.4. The van der Waals surface area contributed by atoms with Crippen molar-refractivity contribution in [2.75, 3.05) is 37.6 Å². The summed E-state index contributed by atoms with van der Waals surface area (Å²) in [5, 5.41) is 0. The van der Waals surface area contributed by atoms with E-state index in [-0.39, 0.29) is 12.1 Å². The van der Waals surface area contributed by atoms with Crippen molar-refractivity contribution < 1.29 is 9.53 Å². The Bertz CT molecular complexity index is 854. The minimum atomic E-state index is -0.0704. The number of nitrogens with zero attached hydrogens (tertiary/aromatic N) is 2. The molecule has 0 aromatic heterocycles. The third-order valence-corrected chi connectivity index (χ3v) is 6.71. The van der Waals surface area contributed by atoms with Gasteiger partial charge in [-0.2, -0.15) is 0 Å². The number of hydrogen-bond donors (Lipinski definition) is 0. The highest BCUT2D eigenvalue weighted by molar-refractivity contribution is 5.71. The summed E-state index contributed by atoms with van der Waals surface area (Å²) in [4.78, 5) is 16.4. The van der Waals surface area contributed by atoms with Crippen LogP contribution in [0.4, 0.5) is 5.69 Å². The van der Waals surface area contributed by atoms with E-state index in [1.807, 2.05) is 0 Å². The van der Waals surface area contributed by atoms with Crippen LogP contribution in [0.15, 0.2) is 42.5 Å². The largest absolute Gasteiger partial charge is 0.457 e. The molecule has 0 amide bonds. The van der Waals surface area contributed by atoms with E-state index in [2.05, 4.69) is 66.1 Å². The summed E-state index contributed by atoms with van der Waals surface area (Å²) in [7, 11) is 0. The average Bonchev–Trinajstić information content (AvgIpc) is 3.20. The summed E-state index contributed by atoms with van der Waals surface area (Å²) in [6, 6.07) is 15.3. The van der Waals surface area contributed by atoms with E-state index >= 15 is 0 Å². The van der Waals surface area contributed by atoms with Crippen LogP contribution in [0, 0.1) is 13.8 Å². The van der Waals surface area contributed by atoms with Gasteiger partial charge in [0.15, 0.2) is 0 Å². The van der Waals surface area contributed by atoms with Gasteiger partial charge in [0.1, 0.15) is 6.10 Å². The molecule has 2 heterocycles. The summed E-state index contributed by atoms with van der Waals surface area (Å²) in [5.41, 5.74) is 6.72. The lowest BCUT2D eigenvalue weighted by Gasteiger charge is -2.37. The Kier molecular flexibility index (Phi) is 6.73. The second-order valence-electron chi connectivity index (χ2n) is 8.76. The molecule has 2 saturated heterocycles. The van der Waals surface area contributed by atoms with Crippen LogP contribution in [0.3, 0.4) is 0 Å². The number of unbranched alkanes of at least 4 members (excludes halogenated alkanes) is 1. The van der Waals surface area contributed by atoms with Gasteiger partial charge in [-0.1, -0.05) is 36.4 Å². The molecule has 2 fully saturated rings. The minimum Gasteiger partial charge on any atom is -0.457 e. The molecule has 1 atom stereocenters. The molecule has 1 unspecified atom stereocenters. The van der Waals surface area contributed by atoms with Gasteiger partial charge in [-0.25, -0.2) is 0 Å². The van der Waals surface area contributed by atoms with Gasteiger partial charge in [-0.15, -0.1) is 0 Å². The Morgan fingerprint density at radius 3 is 2.43 bits per heavy atom. The van der Waals surface area contributed by atoms with E-state index < -0.39 is 0 Å². The molecule has 4 rings (SSSR count).